The second-order valence-corrected chi connectivity index (χ2v) is 6.76. The number of fused-ring (bicyclic) bond motifs is 1. The number of anilines is 2. The first-order valence-corrected chi connectivity index (χ1v) is 9.27. The molecule has 142 valence electrons. The van der Waals surface area contributed by atoms with Crippen LogP contribution in [-0.2, 0) is 11.3 Å². The fourth-order valence-electron chi connectivity index (χ4n) is 2.80. The highest BCUT2D eigenvalue weighted by Gasteiger charge is 2.16. The molecule has 0 amide bonds. The van der Waals surface area contributed by atoms with Gasteiger partial charge in [-0.25, -0.2) is 4.98 Å². The van der Waals surface area contributed by atoms with Crippen molar-refractivity contribution in [2.24, 2.45) is 0 Å². The van der Waals surface area contributed by atoms with E-state index < -0.39 is 0 Å². The molecule has 0 atom stereocenters. The number of benzene rings is 1. The van der Waals surface area contributed by atoms with E-state index in [0.717, 1.165) is 36.0 Å². The van der Waals surface area contributed by atoms with Crippen molar-refractivity contribution in [2.75, 3.05) is 43.3 Å². The van der Waals surface area contributed by atoms with Gasteiger partial charge in [0.2, 0.25) is 12.7 Å². The number of halogens is 1. The van der Waals surface area contributed by atoms with Crippen LogP contribution in [0.2, 0.25) is 5.15 Å². The smallest absolute Gasteiger partial charge is 0.232 e. The van der Waals surface area contributed by atoms with Gasteiger partial charge in [0.05, 0.1) is 13.2 Å². The van der Waals surface area contributed by atoms with Gasteiger partial charge in [-0.2, -0.15) is 4.98 Å². The average molecular weight is 408 g/mol. The Balaban J connectivity index is 1.37. The lowest BCUT2D eigenvalue weighted by Gasteiger charge is -2.28. The van der Waals surface area contributed by atoms with Crippen molar-refractivity contribution in [2.45, 2.75) is 6.54 Å². The zero-order valence-corrected chi connectivity index (χ0v) is 16.0. The van der Waals surface area contributed by atoms with Gasteiger partial charge in [-0.15, -0.1) is 0 Å². The van der Waals surface area contributed by atoms with Crippen LogP contribution in [0.25, 0.3) is 0 Å². The lowest BCUT2D eigenvalue weighted by molar-refractivity contribution is 0.122. The van der Waals surface area contributed by atoms with Gasteiger partial charge >= 0.3 is 0 Å². The van der Waals surface area contributed by atoms with E-state index >= 15 is 0 Å². The summed E-state index contributed by atoms with van der Waals surface area (Å²) in [6.07, 6.45) is 0. The predicted molar refractivity (Wildman–Crippen MR) is 106 cm³/mol. The molecule has 10 heteroatoms. The van der Waals surface area contributed by atoms with Gasteiger partial charge in [-0.1, -0.05) is 17.7 Å². The minimum absolute atomic E-state index is 0.254. The van der Waals surface area contributed by atoms with Crippen molar-refractivity contribution in [3.05, 3.63) is 35.0 Å². The second-order valence-electron chi connectivity index (χ2n) is 5.97. The van der Waals surface area contributed by atoms with E-state index in [1.54, 1.807) is 6.07 Å². The second kappa shape index (κ2) is 8.12. The molecule has 2 aromatic rings. The number of thiocarbonyl (C=S) groups is 1. The van der Waals surface area contributed by atoms with Crippen LogP contribution in [0.3, 0.4) is 0 Å². The summed E-state index contributed by atoms with van der Waals surface area (Å²) in [6.45, 7) is 3.64. The number of aromatic nitrogens is 2. The molecule has 3 heterocycles. The van der Waals surface area contributed by atoms with Crippen molar-refractivity contribution in [1.82, 2.24) is 15.3 Å². The predicted octanol–water partition coefficient (Wildman–Crippen LogP) is 2.18. The summed E-state index contributed by atoms with van der Waals surface area (Å²) < 4.78 is 16.1. The maximum absolute atomic E-state index is 6.14. The molecule has 1 fully saturated rings. The highest BCUT2D eigenvalue weighted by molar-refractivity contribution is 7.80. The normalized spacial score (nSPS) is 15.5. The van der Waals surface area contributed by atoms with Crippen LogP contribution in [0.1, 0.15) is 5.56 Å². The Morgan fingerprint density at radius 2 is 1.96 bits per heavy atom. The minimum Gasteiger partial charge on any atom is -0.454 e. The van der Waals surface area contributed by atoms with Crippen molar-refractivity contribution in [3.8, 4) is 11.5 Å². The van der Waals surface area contributed by atoms with Gasteiger partial charge in [0, 0.05) is 25.7 Å². The molecule has 0 spiro atoms. The molecule has 2 aliphatic rings. The quantitative estimate of drug-likeness (QED) is 0.585. The van der Waals surface area contributed by atoms with E-state index in [1.807, 2.05) is 18.2 Å². The van der Waals surface area contributed by atoms with Gasteiger partial charge in [0.15, 0.2) is 16.6 Å². The number of hydrogen-bond acceptors (Lipinski definition) is 7. The SMILES string of the molecule is S=C(NCc1ccc2c(c1)OCO2)Nc1nc(Cl)cc(N2CCOCC2)n1. The summed E-state index contributed by atoms with van der Waals surface area (Å²) in [7, 11) is 0. The monoisotopic (exact) mass is 407 g/mol. The summed E-state index contributed by atoms with van der Waals surface area (Å²) in [6, 6.07) is 7.49. The average Bonchev–Trinajstić information content (AvgIpc) is 3.14. The molecule has 0 radical (unpaired) electrons. The van der Waals surface area contributed by atoms with Gasteiger partial charge in [0.25, 0.3) is 0 Å². The molecule has 0 aliphatic carbocycles. The molecule has 0 bridgehead atoms. The first-order chi connectivity index (χ1) is 13.2. The third kappa shape index (κ3) is 4.49. The maximum Gasteiger partial charge on any atom is 0.232 e. The molecule has 0 unspecified atom stereocenters. The highest BCUT2D eigenvalue weighted by Crippen LogP contribution is 2.32. The number of nitrogens with one attached hydrogen (secondary N) is 2. The molecule has 8 nitrogen and oxygen atoms in total. The van der Waals surface area contributed by atoms with E-state index in [0.29, 0.717) is 36.0 Å². The Morgan fingerprint density at radius 3 is 2.81 bits per heavy atom. The number of nitrogens with zero attached hydrogens (tertiary/aromatic N) is 3. The molecule has 1 aromatic carbocycles. The largest absolute Gasteiger partial charge is 0.454 e. The molecule has 0 saturated carbocycles. The summed E-state index contributed by atoms with van der Waals surface area (Å²) in [5, 5.41) is 6.87. The standard InChI is InChI=1S/C17H18ClN5O3S/c18-14-8-15(23-3-5-24-6-4-23)21-16(20-14)22-17(27)19-9-11-1-2-12-13(7-11)26-10-25-12/h1-2,7-8H,3-6,9-10H2,(H2,19,20,21,22,27). The third-order valence-electron chi connectivity index (χ3n) is 4.13. The van der Waals surface area contributed by atoms with E-state index in [-0.39, 0.29) is 6.79 Å². The third-order valence-corrected chi connectivity index (χ3v) is 4.57. The zero-order chi connectivity index (χ0) is 18.6. The molecule has 2 N–H and O–H groups in total. The van der Waals surface area contributed by atoms with Crippen LogP contribution in [0.4, 0.5) is 11.8 Å². The Kier molecular flexibility index (Phi) is 5.42. The van der Waals surface area contributed by atoms with Gasteiger partial charge in [-0.3, -0.25) is 0 Å². The van der Waals surface area contributed by atoms with Crippen LogP contribution in [0, 0.1) is 0 Å². The van der Waals surface area contributed by atoms with E-state index in [2.05, 4.69) is 25.5 Å². The summed E-state index contributed by atoms with van der Waals surface area (Å²) in [5.41, 5.74) is 1.02. The topological polar surface area (TPSA) is 80.8 Å². The number of hydrogen-bond donors (Lipinski definition) is 2. The summed E-state index contributed by atoms with van der Waals surface area (Å²) in [4.78, 5) is 10.8. The molecule has 4 rings (SSSR count). The molecule has 2 aliphatic heterocycles. The molecular weight excluding hydrogens is 390 g/mol. The van der Waals surface area contributed by atoms with Crippen LogP contribution >= 0.6 is 23.8 Å². The highest BCUT2D eigenvalue weighted by atomic mass is 35.5. The summed E-state index contributed by atoms with van der Waals surface area (Å²) >= 11 is 11.5. The van der Waals surface area contributed by atoms with Crippen LogP contribution < -0.4 is 25.0 Å². The van der Waals surface area contributed by atoms with Crippen molar-refractivity contribution in [1.29, 1.82) is 0 Å². The number of rotatable bonds is 4. The Bertz CT molecular complexity index is 847. The van der Waals surface area contributed by atoms with E-state index in [4.69, 9.17) is 38.0 Å². The first-order valence-electron chi connectivity index (χ1n) is 8.48. The Labute approximate surface area is 166 Å². The van der Waals surface area contributed by atoms with Crippen molar-refractivity contribution in [3.63, 3.8) is 0 Å². The Morgan fingerprint density at radius 1 is 1.15 bits per heavy atom. The molecule has 1 saturated heterocycles. The number of ether oxygens (including phenoxy) is 3. The lowest BCUT2D eigenvalue weighted by Crippen LogP contribution is -2.37. The summed E-state index contributed by atoms with van der Waals surface area (Å²) in [5.74, 6) is 2.59. The molecule has 1 aromatic heterocycles. The van der Waals surface area contributed by atoms with Crippen LogP contribution in [0.15, 0.2) is 24.3 Å². The fraction of sp³-hybridized carbons (Fsp3) is 0.353. The minimum atomic E-state index is 0.254. The van der Waals surface area contributed by atoms with Crippen molar-refractivity contribution >= 4 is 40.7 Å². The zero-order valence-electron chi connectivity index (χ0n) is 14.4. The fourth-order valence-corrected chi connectivity index (χ4v) is 3.14. The van der Waals surface area contributed by atoms with Crippen LogP contribution in [-0.4, -0.2) is 48.2 Å². The van der Waals surface area contributed by atoms with Crippen LogP contribution in [0.5, 0.6) is 11.5 Å². The van der Waals surface area contributed by atoms with E-state index in [9.17, 15) is 0 Å². The molecular formula is C17H18ClN5O3S. The van der Waals surface area contributed by atoms with Gasteiger partial charge in [-0.05, 0) is 29.9 Å². The Hall–Kier alpha value is -2.36. The van der Waals surface area contributed by atoms with Gasteiger partial charge < -0.3 is 29.7 Å². The number of morpholine rings is 1. The lowest BCUT2D eigenvalue weighted by atomic mass is 10.2. The van der Waals surface area contributed by atoms with Gasteiger partial charge in [0.1, 0.15) is 11.0 Å². The van der Waals surface area contributed by atoms with E-state index in [1.165, 1.54) is 0 Å². The molecule has 27 heavy (non-hydrogen) atoms. The first kappa shape index (κ1) is 18.0. The maximum atomic E-state index is 6.14. The van der Waals surface area contributed by atoms with Crippen molar-refractivity contribution < 1.29 is 14.2 Å².